The van der Waals surface area contributed by atoms with Crippen molar-refractivity contribution < 1.29 is 19.1 Å². The van der Waals surface area contributed by atoms with Crippen LogP contribution in [0.2, 0.25) is 0 Å². The number of amides is 2. The fraction of sp³-hybridized carbons (Fsp3) is 0.136. The Morgan fingerprint density at radius 2 is 1.66 bits per heavy atom. The minimum atomic E-state index is -0.369. The van der Waals surface area contributed by atoms with Crippen LogP contribution in [0.15, 0.2) is 67.0 Å². The third-order valence-electron chi connectivity index (χ3n) is 4.50. The lowest BCUT2D eigenvalue weighted by Crippen LogP contribution is -2.26. The number of nitrogens with zero attached hydrogens (tertiary/aromatic N) is 2. The monoisotopic (exact) mass is 389 g/mol. The summed E-state index contributed by atoms with van der Waals surface area (Å²) >= 11 is 0. The van der Waals surface area contributed by atoms with Crippen molar-refractivity contribution in [3.8, 4) is 11.5 Å². The molecule has 0 fully saturated rings. The van der Waals surface area contributed by atoms with Gasteiger partial charge in [-0.2, -0.15) is 0 Å². The van der Waals surface area contributed by atoms with Crippen molar-refractivity contribution in [2.75, 3.05) is 30.5 Å². The summed E-state index contributed by atoms with van der Waals surface area (Å²) in [5.41, 5.74) is 1.93. The van der Waals surface area contributed by atoms with E-state index in [-0.39, 0.29) is 17.4 Å². The molecular weight excluding hydrogens is 370 g/mol. The summed E-state index contributed by atoms with van der Waals surface area (Å²) in [6.45, 7) is 0.968. The number of ether oxygens (including phenoxy) is 2. The second-order valence-corrected chi connectivity index (χ2v) is 6.47. The van der Waals surface area contributed by atoms with Gasteiger partial charge in [0.15, 0.2) is 11.5 Å². The van der Waals surface area contributed by atoms with Crippen molar-refractivity contribution >= 4 is 23.2 Å². The molecule has 0 saturated heterocycles. The van der Waals surface area contributed by atoms with Crippen molar-refractivity contribution in [1.82, 2.24) is 4.98 Å². The Bertz CT molecular complexity index is 1050. The van der Waals surface area contributed by atoms with Gasteiger partial charge in [0.05, 0.1) is 11.1 Å². The van der Waals surface area contributed by atoms with Crippen molar-refractivity contribution in [2.24, 2.45) is 0 Å². The Labute approximate surface area is 167 Å². The second kappa shape index (κ2) is 8.02. The van der Waals surface area contributed by atoms with Crippen molar-refractivity contribution in [3.63, 3.8) is 0 Å². The van der Waals surface area contributed by atoms with E-state index >= 15 is 0 Å². The summed E-state index contributed by atoms with van der Waals surface area (Å²) in [5, 5.41) is 2.80. The standard InChI is InChI=1S/C22H19N3O4/c1-25(18-5-3-2-4-6-18)22(27)16-11-15(13-23-14-16)21(26)24-17-7-8-19-20(12-17)29-10-9-28-19/h2-8,11-14H,9-10H2,1H3,(H,24,26). The number of aromatic nitrogens is 1. The quantitative estimate of drug-likeness (QED) is 0.740. The molecule has 0 unspecified atom stereocenters. The topological polar surface area (TPSA) is 80.8 Å². The third-order valence-corrected chi connectivity index (χ3v) is 4.50. The van der Waals surface area contributed by atoms with Gasteiger partial charge in [-0.05, 0) is 30.3 Å². The normalized spacial score (nSPS) is 12.2. The summed E-state index contributed by atoms with van der Waals surface area (Å²) in [6, 6.07) is 16.0. The first-order valence-corrected chi connectivity index (χ1v) is 9.11. The van der Waals surface area contributed by atoms with Crippen LogP contribution in [0.1, 0.15) is 20.7 Å². The molecular formula is C22H19N3O4. The molecule has 1 aromatic heterocycles. The minimum Gasteiger partial charge on any atom is -0.486 e. The maximum absolute atomic E-state index is 12.8. The second-order valence-electron chi connectivity index (χ2n) is 6.47. The molecule has 0 bridgehead atoms. The fourth-order valence-electron chi connectivity index (χ4n) is 2.97. The number of carbonyl (C=O) groups is 2. The van der Waals surface area contributed by atoms with Crippen molar-refractivity contribution in [2.45, 2.75) is 0 Å². The first-order valence-electron chi connectivity index (χ1n) is 9.11. The molecule has 1 aliphatic rings. The molecule has 2 heterocycles. The zero-order valence-electron chi connectivity index (χ0n) is 15.8. The van der Waals surface area contributed by atoms with Gasteiger partial charge in [-0.25, -0.2) is 0 Å². The molecule has 0 spiro atoms. The Kier molecular flexibility index (Phi) is 5.11. The first-order chi connectivity index (χ1) is 14.1. The first kappa shape index (κ1) is 18.5. The number of para-hydroxylation sites is 1. The molecule has 2 amide bonds. The largest absolute Gasteiger partial charge is 0.486 e. The molecule has 146 valence electrons. The molecule has 0 saturated carbocycles. The summed E-state index contributed by atoms with van der Waals surface area (Å²) in [6.07, 6.45) is 2.87. The van der Waals surface area contributed by atoms with Crippen LogP contribution in [0.5, 0.6) is 11.5 Å². The number of fused-ring (bicyclic) bond motifs is 1. The fourth-order valence-corrected chi connectivity index (χ4v) is 2.97. The van der Waals surface area contributed by atoms with E-state index in [4.69, 9.17) is 9.47 Å². The van der Waals surface area contributed by atoms with E-state index in [2.05, 4.69) is 10.3 Å². The van der Waals surface area contributed by atoms with E-state index in [0.717, 1.165) is 5.69 Å². The van der Waals surface area contributed by atoms with Gasteiger partial charge in [0, 0.05) is 36.9 Å². The highest BCUT2D eigenvalue weighted by Gasteiger charge is 2.17. The maximum atomic E-state index is 12.8. The highest BCUT2D eigenvalue weighted by Crippen LogP contribution is 2.32. The number of benzene rings is 2. The molecule has 0 aliphatic carbocycles. The van der Waals surface area contributed by atoms with Crippen molar-refractivity contribution in [3.05, 3.63) is 78.1 Å². The lowest BCUT2D eigenvalue weighted by Gasteiger charge is -2.19. The molecule has 3 aromatic rings. The highest BCUT2D eigenvalue weighted by molar-refractivity contribution is 6.09. The average molecular weight is 389 g/mol. The van der Waals surface area contributed by atoms with Gasteiger partial charge in [-0.3, -0.25) is 14.6 Å². The SMILES string of the molecule is CN(C(=O)c1cncc(C(=O)Nc2ccc3c(c2)OCCO3)c1)c1ccccc1. The highest BCUT2D eigenvalue weighted by atomic mass is 16.6. The molecule has 7 heteroatoms. The summed E-state index contributed by atoms with van der Waals surface area (Å²) in [7, 11) is 1.68. The molecule has 2 aromatic carbocycles. The Balaban J connectivity index is 1.51. The Morgan fingerprint density at radius 3 is 2.45 bits per heavy atom. The van der Waals surface area contributed by atoms with Crippen LogP contribution < -0.4 is 19.7 Å². The zero-order valence-corrected chi connectivity index (χ0v) is 15.8. The van der Waals surface area contributed by atoms with E-state index in [9.17, 15) is 9.59 Å². The van der Waals surface area contributed by atoms with Crippen LogP contribution in [0.3, 0.4) is 0 Å². The molecule has 0 atom stereocenters. The smallest absolute Gasteiger partial charge is 0.259 e. The number of hydrogen-bond acceptors (Lipinski definition) is 5. The number of rotatable bonds is 4. The number of anilines is 2. The number of carbonyl (C=O) groups excluding carboxylic acids is 2. The Hall–Kier alpha value is -3.87. The van der Waals surface area contributed by atoms with Gasteiger partial charge >= 0.3 is 0 Å². The van der Waals surface area contributed by atoms with E-state index in [1.165, 1.54) is 23.4 Å². The van der Waals surface area contributed by atoms with Gasteiger partial charge in [0.2, 0.25) is 0 Å². The van der Waals surface area contributed by atoms with E-state index in [0.29, 0.717) is 36.0 Å². The third kappa shape index (κ3) is 4.03. The molecule has 0 radical (unpaired) electrons. The van der Waals surface area contributed by atoms with Gasteiger partial charge < -0.3 is 19.7 Å². The summed E-state index contributed by atoms with van der Waals surface area (Å²) < 4.78 is 11.0. The summed E-state index contributed by atoms with van der Waals surface area (Å²) in [4.78, 5) is 31.0. The number of nitrogens with one attached hydrogen (secondary N) is 1. The number of pyridine rings is 1. The zero-order chi connectivity index (χ0) is 20.2. The van der Waals surface area contributed by atoms with Gasteiger partial charge in [-0.15, -0.1) is 0 Å². The Morgan fingerprint density at radius 1 is 0.931 bits per heavy atom. The van der Waals surface area contributed by atoms with Crippen LogP contribution >= 0.6 is 0 Å². The van der Waals surface area contributed by atoms with Crippen LogP contribution in [-0.4, -0.2) is 37.1 Å². The van der Waals surface area contributed by atoms with E-state index < -0.39 is 0 Å². The molecule has 1 N–H and O–H groups in total. The van der Waals surface area contributed by atoms with Crippen LogP contribution in [0, 0.1) is 0 Å². The lowest BCUT2D eigenvalue weighted by atomic mass is 10.1. The van der Waals surface area contributed by atoms with Gasteiger partial charge in [-0.1, -0.05) is 18.2 Å². The maximum Gasteiger partial charge on any atom is 0.259 e. The lowest BCUT2D eigenvalue weighted by molar-refractivity contribution is 0.0992. The molecule has 1 aliphatic heterocycles. The summed E-state index contributed by atoms with van der Waals surface area (Å²) in [5.74, 6) is 0.608. The molecule has 29 heavy (non-hydrogen) atoms. The molecule has 7 nitrogen and oxygen atoms in total. The predicted molar refractivity (Wildman–Crippen MR) is 109 cm³/mol. The van der Waals surface area contributed by atoms with Crippen molar-refractivity contribution in [1.29, 1.82) is 0 Å². The minimum absolute atomic E-state index is 0.252. The van der Waals surface area contributed by atoms with Gasteiger partial charge in [0.25, 0.3) is 11.8 Å². The number of hydrogen-bond donors (Lipinski definition) is 1. The van der Waals surface area contributed by atoms with E-state index in [1.54, 1.807) is 25.2 Å². The van der Waals surface area contributed by atoms with Crippen LogP contribution in [-0.2, 0) is 0 Å². The average Bonchev–Trinajstić information content (AvgIpc) is 2.78. The van der Waals surface area contributed by atoms with Crippen LogP contribution in [0.25, 0.3) is 0 Å². The molecule has 4 rings (SSSR count). The van der Waals surface area contributed by atoms with E-state index in [1.807, 2.05) is 30.3 Å². The predicted octanol–water partition coefficient (Wildman–Crippen LogP) is 3.38. The van der Waals surface area contributed by atoms with Gasteiger partial charge in [0.1, 0.15) is 13.2 Å². The van der Waals surface area contributed by atoms with Crippen LogP contribution in [0.4, 0.5) is 11.4 Å².